The van der Waals surface area contributed by atoms with Crippen LogP contribution in [0.4, 0.5) is 5.13 Å². The quantitative estimate of drug-likeness (QED) is 0.784. The molecule has 0 aliphatic carbocycles. The number of piperazine rings is 1. The molecule has 0 saturated carbocycles. The Morgan fingerprint density at radius 3 is 2.60 bits per heavy atom. The topological polar surface area (TPSA) is 40.6 Å². The molecule has 1 N–H and O–H groups in total. The monoisotopic (exact) mass is 360 g/mol. The molecule has 5 nitrogen and oxygen atoms in total. The molecule has 136 valence electrons. The molecule has 1 aliphatic heterocycles. The molecule has 0 spiro atoms. The molecule has 2 aromatic rings. The standard InChI is InChI=1S/C19H28N4OS/c1-3-20-13-18-17(15-24-2)21-19(25-18)23-11-9-22(10-12-23)14-16-7-5-4-6-8-16/h4-8,20H,3,9-15H2,1-2H3. The average molecular weight is 361 g/mol. The fraction of sp³-hybridized carbons (Fsp3) is 0.526. The van der Waals surface area contributed by atoms with E-state index < -0.39 is 0 Å². The fourth-order valence-electron chi connectivity index (χ4n) is 3.07. The molecule has 1 aromatic heterocycles. The highest BCUT2D eigenvalue weighted by atomic mass is 32.1. The summed E-state index contributed by atoms with van der Waals surface area (Å²) in [4.78, 5) is 11.1. The summed E-state index contributed by atoms with van der Waals surface area (Å²) in [6, 6.07) is 10.7. The zero-order chi connectivity index (χ0) is 17.5. The maximum Gasteiger partial charge on any atom is 0.186 e. The second kappa shape index (κ2) is 9.29. The lowest BCUT2D eigenvalue weighted by Gasteiger charge is -2.34. The van der Waals surface area contributed by atoms with E-state index in [0.717, 1.165) is 56.6 Å². The summed E-state index contributed by atoms with van der Waals surface area (Å²) in [5, 5.41) is 4.54. The van der Waals surface area contributed by atoms with Crippen LogP contribution in [0.15, 0.2) is 30.3 Å². The maximum absolute atomic E-state index is 5.32. The molecule has 1 fully saturated rings. The molecule has 25 heavy (non-hydrogen) atoms. The zero-order valence-electron chi connectivity index (χ0n) is 15.2. The van der Waals surface area contributed by atoms with Gasteiger partial charge in [0.15, 0.2) is 5.13 Å². The van der Waals surface area contributed by atoms with E-state index in [1.807, 2.05) is 0 Å². The zero-order valence-corrected chi connectivity index (χ0v) is 16.0. The number of nitrogens with one attached hydrogen (secondary N) is 1. The van der Waals surface area contributed by atoms with Gasteiger partial charge in [0.1, 0.15) is 0 Å². The van der Waals surface area contributed by atoms with Gasteiger partial charge in [-0.1, -0.05) is 37.3 Å². The van der Waals surface area contributed by atoms with Crippen LogP contribution in [0.25, 0.3) is 0 Å². The van der Waals surface area contributed by atoms with Crippen molar-refractivity contribution in [3.05, 3.63) is 46.5 Å². The molecule has 0 atom stereocenters. The highest BCUT2D eigenvalue weighted by Gasteiger charge is 2.21. The van der Waals surface area contributed by atoms with Crippen LogP contribution in [0.1, 0.15) is 23.1 Å². The third kappa shape index (κ3) is 5.01. The van der Waals surface area contributed by atoms with Crippen molar-refractivity contribution in [2.45, 2.75) is 26.6 Å². The Kier molecular flexibility index (Phi) is 6.81. The maximum atomic E-state index is 5.32. The van der Waals surface area contributed by atoms with Crippen molar-refractivity contribution in [2.24, 2.45) is 0 Å². The van der Waals surface area contributed by atoms with E-state index in [-0.39, 0.29) is 0 Å². The van der Waals surface area contributed by atoms with Gasteiger partial charge in [-0.3, -0.25) is 4.90 Å². The van der Waals surface area contributed by atoms with Crippen LogP contribution in [0, 0.1) is 0 Å². The fourth-order valence-corrected chi connectivity index (χ4v) is 4.15. The minimum absolute atomic E-state index is 0.588. The second-order valence-corrected chi connectivity index (χ2v) is 7.39. The molecule has 1 aromatic carbocycles. The van der Waals surface area contributed by atoms with E-state index >= 15 is 0 Å². The minimum Gasteiger partial charge on any atom is -0.378 e. The molecular weight excluding hydrogens is 332 g/mol. The lowest BCUT2D eigenvalue weighted by molar-refractivity contribution is 0.181. The van der Waals surface area contributed by atoms with Gasteiger partial charge in [-0.2, -0.15) is 0 Å². The van der Waals surface area contributed by atoms with Crippen molar-refractivity contribution in [1.29, 1.82) is 0 Å². The van der Waals surface area contributed by atoms with Gasteiger partial charge in [0, 0.05) is 51.3 Å². The molecular formula is C19H28N4OS. The summed E-state index contributed by atoms with van der Waals surface area (Å²) in [5.74, 6) is 0. The van der Waals surface area contributed by atoms with Crippen molar-refractivity contribution in [3.8, 4) is 0 Å². The van der Waals surface area contributed by atoms with Crippen LogP contribution in [-0.4, -0.2) is 49.7 Å². The molecule has 0 unspecified atom stereocenters. The number of rotatable bonds is 8. The number of hydrogen-bond acceptors (Lipinski definition) is 6. The first-order valence-electron chi connectivity index (χ1n) is 8.99. The van der Waals surface area contributed by atoms with Crippen LogP contribution in [0.3, 0.4) is 0 Å². The first-order valence-corrected chi connectivity index (χ1v) is 9.81. The Morgan fingerprint density at radius 2 is 1.92 bits per heavy atom. The number of nitrogens with zero attached hydrogens (tertiary/aromatic N) is 3. The SMILES string of the molecule is CCNCc1sc(N2CCN(Cc3ccccc3)CC2)nc1COC. The summed E-state index contributed by atoms with van der Waals surface area (Å²) in [5.41, 5.74) is 2.47. The molecule has 0 radical (unpaired) electrons. The van der Waals surface area contributed by atoms with Crippen LogP contribution < -0.4 is 10.2 Å². The highest BCUT2D eigenvalue weighted by molar-refractivity contribution is 7.15. The van der Waals surface area contributed by atoms with E-state index in [0.29, 0.717) is 6.61 Å². The van der Waals surface area contributed by atoms with E-state index in [1.165, 1.54) is 10.4 Å². The van der Waals surface area contributed by atoms with E-state index in [4.69, 9.17) is 9.72 Å². The summed E-state index contributed by atoms with van der Waals surface area (Å²) < 4.78 is 5.32. The Balaban J connectivity index is 1.58. The van der Waals surface area contributed by atoms with Crippen LogP contribution in [-0.2, 0) is 24.4 Å². The lowest BCUT2D eigenvalue weighted by Crippen LogP contribution is -2.45. The third-order valence-electron chi connectivity index (χ3n) is 4.48. The second-order valence-electron chi connectivity index (χ2n) is 6.33. The molecule has 1 aliphatic rings. The summed E-state index contributed by atoms with van der Waals surface area (Å²) >= 11 is 1.80. The van der Waals surface area contributed by atoms with E-state index in [9.17, 15) is 0 Å². The Bertz CT molecular complexity index is 638. The first-order chi connectivity index (χ1) is 12.3. The number of benzene rings is 1. The smallest absolute Gasteiger partial charge is 0.186 e. The summed E-state index contributed by atoms with van der Waals surface area (Å²) in [6.07, 6.45) is 0. The van der Waals surface area contributed by atoms with Gasteiger partial charge in [0.2, 0.25) is 0 Å². The van der Waals surface area contributed by atoms with Crippen LogP contribution in [0.2, 0.25) is 0 Å². The summed E-state index contributed by atoms with van der Waals surface area (Å²) in [7, 11) is 1.73. The Morgan fingerprint density at radius 1 is 1.16 bits per heavy atom. The van der Waals surface area contributed by atoms with E-state index in [1.54, 1.807) is 18.4 Å². The summed E-state index contributed by atoms with van der Waals surface area (Å²) in [6.45, 7) is 9.83. The van der Waals surface area contributed by atoms with Gasteiger partial charge >= 0.3 is 0 Å². The lowest BCUT2D eigenvalue weighted by atomic mass is 10.2. The molecule has 6 heteroatoms. The average Bonchev–Trinajstić information content (AvgIpc) is 3.05. The van der Waals surface area contributed by atoms with Crippen molar-refractivity contribution in [3.63, 3.8) is 0 Å². The number of hydrogen-bond donors (Lipinski definition) is 1. The Hall–Kier alpha value is -1.47. The predicted molar refractivity (Wildman–Crippen MR) is 104 cm³/mol. The molecule has 3 rings (SSSR count). The number of methoxy groups -OCH3 is 1. The minimum atomic E-state index is 0.588. The largest absolute Gasteiger partial charge is 0.378 e. The Labute approximate surface area is 154 Å². The third-order valence-corrected chi connectivity index (χ3v) is 5.63. The predicted octanol–water partition coefficient (Wildman–Crippen LogP) is 2.72. The van der Waals surface area contributed by atoms with Gasteiger partial charge in [-0.05, 0) is 12.1 Å². The number of anilines is 1. The number of thiazole rings is 1. The van der Waals surface area contributed by atoms with Gasteiger partial charge in [0.05, 0.1) is 12.3 Å². The first kappa shape index (κ1) is 18.3. The van der Waals surface area contributed by atoms with Crippen LogP contribution >= 0.6 is 11.3 Å². The highest BCUT2D eigenvalue weighted by Crippen LogP contribution is 2.28. The van der Waals surface area contributed by atoms with Crippen molar-refractivity contribution in [2.75, 3.05) is 44.7 Å². The number of ether oxygens (including phenoxy) is 1. The number of aromatic nitrogens is 1. The van der Waals surface area contributed by atoms with E-state index in [2.05, 4.69) is 52.4 Å². The van der Waals surface area contributed by atoms with Crippen molar-refractivity contribution < 1.29 is 4.74 Å². The van der Waals surface area contributed by atoms with Crippen molar-refractivity contribution in [1.82, 2.24) is 15.2 Å². The normalized spacial score (nSPS) is 15.7. The van der Waals surface area contributed by atoms with Gasteiger partial charge in [-0.15, -0.1) is 11.3 Å². The van der Waals surface area contributed by atoms with Crippen LogP contribution in [0.5, 0.6) is 0 Å². The van der Waals surface area contributed by atoms with Crippen molar-refractivity contribution >= 4 is 16.5 Å². The molecule has 2 heterocycles. The van der Waals surface area contributed by atoms with Gasteiger partial charge in [-0.25, -0.2) is 4.98 Å². The van der Waals surface area contributed by atoms with Gasteiger partial charge < -0.3 is 15.0 Å². The van der Waals surface area contributed by atoms with Gasteiger partial charge in [0.25, 0.3) is 0 Å². The molecule has 1 saturated heterocycles. The molecule has 0 amide bonds. The molecule has 0 bridgehead atoms.